The smallest absolute Gasteiger partial charge is 0.220 e. The fraction of sp³-hybridized carbons (Fsp3) is 0.929. The molecule has 9 N–H and O–H groups in total. The number of hydrogen-bond donors (Lipinski definition) is 9. The molecule has 0 bridgehead atoms. The highest BCUT2D eigenvalue weighted by Crippen LogP contribution is 2.30. The van der Waals surface area contributed by atoms with Crippen LogP contribution in [0.5, 0.6) is 0 Å². The molecule has 0 aromatic rings. The summed E-state index contributed by atoms with van der Waals surface area (Å²) in [7, 11) is 0. The van der Waals surface area contributed by atoms with Crippen LogP contribution >= 0.6 is 0 Å². The SMILES string of the molecule is CCCCCCC/C=C\C/C=C\CCCCCCCCCCCCCCCCCCCCCCCCCC(=O)NC(COC1OC(CO)C(OC2OC(CO)C(O)C(O)C2O)C(O)C1O)C(O)CCCCCCCCCCCCCCCCC. The maximum atomic E-state index is 13.3. The van der Waals surface area contributed by atoms with Crippen molar-refractivity contribution in [1.29, 1.82) is 0 Å². The fourth-order valence-corrected chi connectivity index (χ4v) is 12.0. The fourth-order valence-electron chi connectivity index (χ4n) is 12.0. The average molecular weight is 1200 g/mol. The average Bonchev–Trinajstić information content (AvgIpc) is 3.23. The predicted molar refractivity (Wildman–Crippen MR) is 342 cm³/mol. The topological polar surface area (TPSA) is 228 Å². The van der Waals surface area contributed by atoms with E-state index in [9.17, 15) is 45.6 Å². The molecule has 0 radical (unpaired) electrons. The molecule has 2 heterocycles. The lowest BCUT2D eigenvalue weighted by molar-refractivity contribution is -0.359. The first-order chi connectivity index (χ1) is 41.1. The van der Waals surface area contributed by atoms with E-state index in [2.05, 4.69) is 43.5 Å². The van der Waals surface area contributed by atoms with E-state index in [0.717, 1.165) is 57.8 Å². The van der Waals surface area contributed by atoms with Crippen LogP contribution < -0.4 is 5.32 Å². The number of allylic oxidation sites excluding steroid dienone is 4. The quantitative estimate of drug-likeness (QED) is 0.0204. The van der Waals surface area contributed by atoms with Crippen LogP contribution in [0.1, 0.15) is 322 Å². The molecule has 2 rings (SSSR count). The van der Waals surface area contributed by atoms with Crippen LogP contribution in [-0.2, 0) is 23.7 Å². The Morgan fingerprint density at radius 2 is 0.786 bits per heavy atom. The van der Waals surface area contributed by atoms with E-state index in [1.54, 1.807) is 0 Å². The van der Waals surface area contributed by atoms with Crippen LogP contribution in [0.25, 0.3) is 0 Å². The van der Waals surface area contributed by atoms with Crippen molar-refractivity contribution in [2.75, 3.05) is 19.8 Å². The molecule has 14 heteroatoms. The largest absolute Gasteiger partial charge is 0.394 e. The van der Waals surface area contributed by atoms with Gasteiger partial charge in [0.2, 0.25) is 5.91 Å². The molecule has 0 spiro atoms. The lowest BCUT2D eigenvalue weighted by Crippen LogP contribution is -2.65. The van der Waals surface area contributed by atoms with Crippen molar-refractivity contribution in [3.63, 3.8) is 0 Å². The first-order valence-electron chi connectivity index (χ1n) is 35.6. The van der Waals surface area contributed by atoms with Crippen LogP contribution in [0.15, 0.2) is 24.3 Å². The second-order valence-electron chi connectivity index (χ2n) is 25.4. The summed E-state index contributed by atoms with van der Waals surface area (Å²) < 4.78 is 22.9. The number of unbranched alkanes of at least 4 members (excludes halogenated alkanes) is 42. The molecule has 2 saturated heterocycles. The summed E-state index contributed by atoms with van der Waals surface area (Å²) in [5, 5.41) is 87.5. The number of aliphatic hydroxyl groups is 8. The Bertz CT molecular complexity index is 1500. The van der Waals surface area contributed by atoms with E-state index in [1.807, 2.05) is 0 Å². The van der Waals surface area contributed by atoms with Crippen LogP contribution in [0, 0.1) is 0 Å². The highest BCUT2D eigenvalue weighted by molar-refractivity contribution is 5.76. The molecule has 0 aromatic carbocycles. The van der Waals surface area contributed by atoms with Crippen LogP contribution in [0.3, 0.4) is 0 Å². The van der Waals surface area contributed by atoms with Gasteiger partial charge in [0.15, 0.2) is 12.6 Å². The highest BCUT2D eigenvalue weighted by atomic mass is 16.7. The van der Waals surface area contributed by atoms with Gasteiger partial charge in [-0.15, -0.1) is 0 Å². The molecular formula is C70H133NO13. The Hall–Kier alpha value is -1.53. The maximum absolute atomic E-state index is 13.3. The molecular weight excluding hydrogens is 1060 g/mol. The molecule has 0 aliphatic carbocycles. The lowest BCUT2D eigenvalue weighted by Gasteiger charge is -2.46. The standard InChI is InChI=1S/C70H133NO13/c1-3-5-7-9-11-13-15-17-19-20-21-22-23-24-25-26-27-28-29-30-31-32-33-34-35-36-37-38-40-42-44-46-48-50-52-54-62(75)71-58(59(74)53-51-49-47-45-43-41-39-18-16-14-12-10-8-6-4-2)57-81-69-67(80)65(78)68(61(56-73)83-69)84-70-66(79)64(77)63(76)60(55-72)82-70/h15,17,20-21,58-61,63-70,72-74,76-80H,3-14,16,18-19,22-57H2,1-2H3,(H,71,75)/b17-15-,21-20-. The minimum atomic E-state index is -1.78. The molecule has 12 unspecified atom stereocenters. The minimum absolute atomic E-state index is 0.200. The van der Waals surface area contributed by atoms with E-state index >= 15 is 0 Å². The Balaban J connectivity index is 1.58. The Kier molecular flexibility index (Phi) is 51.9. The van der Waals surface area contributed by atoms with Gasteiger partial charge in [-0.1, -0.05) is 295 Å². The van der Waals surface area contributed by atoms with Crippen molar-refractivity contribution >= 4 is 5.91 Å². The zero-order chi connectivity index (χ0) is 60.9. The van der Waals surface area contributed by atoms with Gasteiger partial charge in [0.25, 0.3) is 0 Å². The number of aliphatic hydroxyl groups excluding tert-OH is 8. The number of hydrogen-bond acceptors (Lipinski definition) is 13. The van der Waals surface area contributed by atoms with Gasteiger partial charge in [-0.05, 0) is 44.9 Å². The summed E-state index contributed by atoms with van der Waals surface area (Å²) in [5.74, 6) is -0.200. The minimum Gasteiger partial charge on any atom is -0.394 e. The molecule has 84 heavy (non-hydrogen) atoms. The molecule has 496 valence electrons. The van der Waals surface area contributed by atoms with Crippen molar-refractivity contribution in [2.45, 2.75) is 396 Å². The van der Waals surface area contributed by atoms with Gasteiger partial charge in [0, 0.05) is 6.42 Å². The number of nitrogens with one attached hydrogen (secondary N) is 1. The zero-order valence-corrected chi connectivity index (χ0v) is 53.9. The molecule has 12 atom stereocenters. The van der Waals surface area contributed by atoms with Gasteiger partial charge < -0.3 is 65.1 Å². The van der Waals surface area contributed by atoms with E-state index in [-0.39, 0.29) is 12.5 Å². The van der Waals surface area contributed by atoms with E-state index in [4.69, 9.17) is 18.9 Å². The van der Waals surface area contributed by atoms with E-state index < -0.39 is 86.8 Å². The Morgan fingerprint density at radius 1 is 0.429 bits per heavy atom. The number of amides is 1. The van der Waals surface area contributed by atoms with Crippen LogP contribution in [0.4, 0.5) is 0 Å². The van der Waals surface area contributed by atoms with Gasteiger partial charge in [0.05, 0.1) is 32.0 Å². The number of carbonyl (C=O) groups is 1. The van der Waals surface area contributed by atoms with Crippen molar-refractivity contribution in [3.8, 4) is 0 Å². The van der Waals surface area contributed by atoms with Gasteiger partial charge in [-0.25, -0.2) is 0 Å². The Morgan fingerprint density at radius 3 is 1.19 bits per heavy atom. The third-order valence-electron chi connectivity index (χ3n) is 17.7. The summed E-state index contributed by atoms with van der Waals surface area (Å²) in [4.78, 5) is 13.3. The summed E-state index contributed by atoms with van der Waals surface area (Å²) >= 11 is 0. The first kappa shape index (κ1) is 78.6. The first-order valence-corrected chi connectivity index (χ1v) is 35.6. The van der Waals surface area contributed by atoms with Crippen LogP contribution in [0.2, 0.25) is 0 Å². The molecule has 2 aliphatic rings. The van der Waals surface area contributed by atoms with Crippen molar-refractivity contribution in [1.82, 2.24) is 5.32 Å². The van der Waals surface area contributed by atoms with E-state index in [0.29, 0.717) is 12.8 Å². The third-order valence-corrected chi connectivity index (χ3v) is 17.7. The van der Waals surface area contributed by atoms with Crippen molar-refractivity contribution in [2.24, 2.45) is 0 Å². The number of rotatable bonds is 59. The lowest BCUT2D eigenvalue weighted by atomic mass is 9.97. The predicted octanol–water partition coefficient (Wildman–Crippen LogP) is 14.3. The molecule has 1 amide bonds. The second kappa shape index (κ2) is 55.5. The van der Waals surface area contributed by atoms with E-state index in [1.165, 1.54) is 238 Å². The second-order valence-corrected chi connectivity index (χ2v) is 25.4. The van der Waals surface area contributed by atoms with Gasteiger partial charge in [-0.2, -0.15) is 0 Å². The zero-order valence-electron chi connectivity index (χ0n) is 53.9. The van der Waals surface area contributed by atoms with Crippen molar-refractivity contribution < 1.29 is 64.6 Å². The summed E-state index contributed by atoms with van der Waals surface area (Å²) in [6, 6.07) is -0.825. The molecule has 0 saturated carbocycles. The molecule has 2 fully saturated rings. The normalized spacial score (nSPS) is 23.7. The van der Waals surface area contributed by atoms with Gasteiger partial charge in [0.1, 0.15) is 48.8 Å². The molecule has 0 aromatic heterocycles. The Labute approximate surface area is 513 Å². The third kappa shape index (κ3) is 39.5. The van der Waals surface area contributed by atoms with Gasteiger partial charge in [-0.3, -0.25) is 4.79 Å². The van der Waals surface area contributed by atoms with Crippen molar-refractivity contribution in [3.05, 3.63) is 24.3 Å². The summed E-state index contributed by atoms with van der Waals surface area (Å²) in [5.41, 5.74) is 0. The monoisotopic (exact) mass is 1200 g/mol. The number of carbonyl (C=O) groups excluding carboxylic acids is 1. The summed E-state index contributed by atoms with van der Waals surface area (Å²) in [6.07, 6.45) is 52.1. The summed E-state index contributed by atoms with van der Waals surface area (Å²) in [6.45, 7) is 2.89. The highest BCUT2D eigenvalue weighted by Gasteiger charge is 2.51. The molecule has 2 aliphatic heterocycles. The van der Waals surface area contributed by atoms with Crippen LogP contribution in [-0.4, -0.2) is 140 Å². The molecule has 14 nitrogen and oxygen atoms in total. The maximum Gasteiger partial charge on any atom is 0.220 e. The number of ether oxygens (including phenoxy) is 4. The van der Waals surface area contributed by atoms with Gasteiger partial charge >= 0.3 is 0 Å².